The number of carbonyl (C=O) groups excluding carboxylic acids is 1. The molecule has 2 aromatic carbocycles. The highest BCUT2D eigenvalue weighted by atomic mass is 16.5. The number of aryl methyl sites for hydroxylation is 3. The lowest BCUT2D eigenvalue weighted by molar-refractivity contribution is 0.102. The molecular formula is C31H40N8O3. The van der Waals surface area contributed by atoms with E-state index in [1.807, 2.05) is 74.5 Å². The Labute approximate surface area is 246 Å². The number of hydrogen-bond donors (Lipinski definition) is 1. The third kappa shape index (κ3) is 7.17. The van der Waals surface area contributed by atoms with Gasteiger partial charge in [0.05, 0.1) is 25.2 Å². The molecule has 1 N–H and O–H groups in total. The molecule has 222 valence electrons. The molecule has 0 saturated carbocycles. The predicted octanol–water partition coefficient (Wildman–Crippen LogP) is 5.71. The smallest absolute Gasteiger partial charge is 0.269 e. The number of benzene rings is 2. The van der Waals surface area contributed by atoms with E-state index in [-0.39, 0.29) is 26.3 Å². The average molecular weight is 573 g/mol. The van der Waals surface area contributed by atoms with E-state index in [9.17, 15) is 9.59 Å². The summed E-state index contributed by atoms with van der Waals surface area (Å²) in [7, 11) is 5.09. The van der Waals surface area contributed by atoms with E-state index in [0.717, 1.165) is 17.2 Å². The highest BCUT2D eigenvalue weighted by Crippen LogP contribution is 2.20. The molecule has 0 spiro atoms. The van der Waals surface area contributed by atoms with Gasteiger partial charge in [0, 0.05) is 32.6 Å². The first kappa shape index (κ1) is 33.1. The molecule has 0 unspecified atom stereocenters. The van der Waals surface area contributed by atoms with Gasteiger partial charge in [-0.1, -0.05) is 65.1 Å². The molecule has 0 atom stereocenters. The van der Waals surface area contributed by atoms with E-state index < -0.39 is 0 Å². The van der Waals surface area contributed by atoms with Gasteiger partial charge >= 0.3 is 0 Å². The number of rotatable bonds is 6. The number of aromatic nitrogens is 6. The number of carbonyl (C=O) groups is 1. The first-order valence-corrected chi connectivity index (χ1v) is 12.9. The number of nitrogens with one attached hydrogen (secondary N) is 1. The molecule has 0 radical (unpaired) electrons. The van der Waals surface area contributed by atoms with E-state index >= 15 is 0 Å². The lowest BCUT2D eigenvalue weighted by Gasteiger charge is -2.11. The molecule has 0 saturated heterocycles. The van der Waals surface area contributed by atoms with Crippen LogP contribution in [-0.2, 0) is 25.3 Å². The van der Waals surface area contributed by atoms with Crippen molar-refractivity contribution >= 4 is 34.3 Å². The summed E-state index contributed by atoms with van der Waals surface area (Å²) in [6, 6.07) is 18.8. The molecule has 1 amide bonds. The Hall–Kier alpha value is -5.06. The zero-order valence-corrected chi connectivity index (χ0v) is 23.2. The summed E-state index contributed by atoms with van der Waals surface area (Å²) in [5.41, 5.74) is 2.53. The van der Waals surface area contributed by atoms with Crippen LogP contribution in [0.25, 0.3) is 16.7 Å². The molecule has 0 bridgehead atoms. The maximum Gasteiger partial charge on any atom is 0.269 e. The Morgan fingerprint density at radius 2 is 1.55 bits per heavy atom. The van der Waals surface area contributed by atoms with Crippen molar-refractivity contribution in [1.82, 2.24) is 29.1 Å². The van der Waals surface area contributed by atoms with Gasteiger partial charge in [0.1, 0.15) is 16.8 Å². The van der Waals surface area contributed by atoms with E-state index in [2.05, 4.69) is 25.5 Å². The number of fused-ring (bicyclic) bond motifs is 1. The zero-order chi connectivity index (χ0) is 28.6. The van der Waals surface area contributed by atoms with Crippen LogP contribution in [0.1, 0.15) is 51.3 Å². The lowest BCUT2D eigenvalue weighted by atomic mass is 10.2. The number of amides is 1. The summed E-state index contributed by atoms with van der Waals surface area (Å²) in [6.45, 7) is 3.92. The van der Waals surface area contributed by atoms with Gasteiger partial charge in [-0.2, -0.15) is 15.2 Å². The quantitative estimate of drug-likeness (QED) is 0.205. The van der Waals surface area contributed by atoms with Gasteiger partial charge < -0.3 is 10.1 Å². The Bertz CT molecular complexity index is 1680. The lowest BCUT2D eigenvalue weighted by Crippen LogP contribution is -2.23. The molecular weight excluding hydrogens is 532 g/mol. The molecule has 3 heterocycles. The second-order valence-corrected chi connectivity index (χ2v) is 8.75. The predicted molar refractivity (Wildman–Crippen MR) is 169 cm³/mol. The fraction of sp³-hybridized carbons (Fsp3) is 0.290. The van der Waals surface area contributed by atoms with Gasteiger partial charge in [-0.3, -0.25) is 23.5 Å². The standard InChI is InChI=1S/C15H18N4O2.C14H14N4O.2CH4/c1-4-13(21-3)18-14-12(10-16-19(14)2)15(20)17-11-8-6-5-7-9-11;1-3-12-16-13-11(9-15-17(13)2)14(19)18(12)10-7-5-4-6-8-10;;/h5-10H,4H2,1-3H3,(H,17,20);4-9H,3H2,1-2H3;2*1H4. The van der Waals surface area contributed by atoms with Gasteiger partial charge in [0.2, 0.25) is 0 Å². The number of anilines is 1. The van der Waals surface area contributed by atoms with Gasteiger partial charge in [-0.25, -0.2) is 4.98 Å². The highest BCUT2D eigenvalue weighted by Gasteiger charge is 2.17. The van der Waals surface area contributed by atoms with E-state index in [1.54, 1.807) is 41.3 Å². The second-order valence-electron chi connectivity index (χ2n) is 8.75. The fourth-order valence-electron chi connectivity index (χ4n) is 4.04. The fourth-order valence-corrected chi connectivity index (χ4v) is 4.04. The van der Waals surface area contributed by atoms with Gasteiger partial charge in [0.15, 0.2) is 17.4 Å². The molecule has 3 aromatic heterocycles. The Balaban J connectivity index is 0.000000281. The van der Waals surface area contributed by atoms with E-state index in [0.29, 0.717) is 41.2 Å². The van der Waals surface area contributed by atoms with Gasteiger partial charge in [-0.05, 0) is 24.3 Å². The maximum atomic E-state index is 12.6. The van der Waals surface area contributed by atoms with Crippen LogP contribution in [0.15, 0.2) is 82.8 Å². The third-order valence-corrected chi connectivity index (χ3v) is 6.12. The van der Waals surface area contributed by atoms with Crippen molar-refractivity contribution in [1.29, 1.82) is 0 Å². The number of aliphatic imine (C=N–C) groups is 1. The van der Waals surface area contributed by atoms with Crippen LogP contribution in [0.3, 0.4) is 0 Å². The highest BCUT2D eigenvalue weighted by molar-refractivity contribution is 6.07. The molecule has 5 aromatic rings. The van der Waals surface area contributed by atoms with Crippen LogP contribution in [0, 0.1) is 0 Å². The normalized spacial score (nSPS) is 10.6. The molecule has 11 nitrogen and oxygen atoms in total. The Morgan fingerprint density at radius 3 is 2.14 bits per heavy atom. The van der Waals surface area contributed by atoms with Crippen molar-refractivity contribution < 1.29 is 9.53 Å². The van der Waals surface area contributed by atoms with Crippen molar-refractivity contribution in [3.8, 4) is 5.69 Å². The van der Waals surface area contributed by atoms with Crippen LogP contribution in [0.4, 0.5) is 11.5 Å². The third-order valence-electron chi connectivity index (χ3n) is 6.12. The van der Waals surface area contributed by atoms with Crippen molar-refractivity contribution in [3.63, 3.8) is 0 Å². The monoisotopic (exact) mass is 572 g/mol. The van der Waals surface area contributed by atoms with Crippen LogP contribution >= 0.6 is 0 Å². The molecule has 0 aliphatic heterocycles. The van der Waals surface area contributed by atoms with Crippen LogP contribution in [0.5, 0.6) is 0 Å². The minimum atomic E-state index is -0.250. The van der Waals surface area contributed by atoms with E-state index in [4.69, 9.17) is 4.74 Å². The maximum absolute atomic E-state index is 12.6. The van der Waals surface area contributed by atoms with E-state index in [1.165, 1.54) is 6.20 Å². The SMILES string of the molecule is C.C.CCC(=Nc1c(C(=O)Nc2ccccc2)cnn1C)OC.CCc1nc2c(cnn2C)c(=O)n1-c1ccccc1. The number of nitrogens with zero attached hydrogens (tertiary/aromatic N) is 7. The zero-order valence-electron chi connectivity index (χ0n) is 23.2. The summed E-state index contributed by atoms with van der Waals surface area (Å²) in [5.74, 6) is 1.52. The summed E-state index contributed by atoms with van der Waals surface area (Å²) < 4.78 is 10.00. The summed E-state index contributed by atoms with van der Waals surface area (Å²) in [6.07, 6.45) is 4.40. The van der Waals surface area contributed by atoms with Crippen molar-refractivity contribution in [2.45, 2.75) is 41.5 Å². The molecule has 0 fully saturated rings. The molecule has 0 aliphatic rings. The number of ether oxygens (including phenoxy) is 1. The Morgan fingerprint density at radius 1 is 0.929 bits per heavy atom. The van der Waals surface area contributed by atoms with Crippen molar-refractivity contribution in [2.75, 3.05) is 12.4 Å². The van der Waals surface area contributed by atoms with Crippen LogP contribution in [-0.4, -0.2) is 48.0 Å². The first-order chi connectivity index (χ1) is 19.4. The van der Waals surface area contributed by atoms with Crippen LogP contribution in [0.2, 0.25) is 0 Å². The summed E-state index contributed by atoms with van der Waals surface area (Å²) in [4.78, 5) is 33.8. The number of para-hydroxylation sites is 2. The Kier molecular flexibility index (Phi) is 11.9. The summed E-state index contributed by atoms with van der Waals surface area (Å²) >= 11 is 0. The van der Waals surface area contributed by atoms with Crippen LogP contribution < -0.4 is 10.9 Å². The molecule has 11 heteroatoms. The largest absolute Gasteiger partial charge is 0.484 e. The molecule has 5 rings (SSSR count). The number of hydrogen-bond acceptors (Lipinski definition) is 7. The topological polar surface area (TPSA) is 121 Å². The second kappa shape index (κ2) is 15.1. The van der Waals surface area contributed by atoms with Crippen molar-refractivity contribution in [3.05, 3.63) is 94.8 Å². The molecule has 0 aliphatic carbocycles. The minimum absolute atomic E-state index is 0. The number of methoxy groups -OCH3 is 1. The van der Waals surface area contributed by atoms with Crippen molar-refractivity contribution in [2.24, 2.45) is 19.1 Å². The van der Waals surface area contributed by atoms with Gasteiger partial charge in [-0.15, -0.1) is 0 Å². The minimum Gasteiger partial charge on any atom is -0.484 e. The summed E-state index contributed by atoms with van der Waals surface area (Å²) in [5, 5.41) is 11.6. The average Bonchev–Trinajstić information content (AvgIpc) is 3.54. The van der Waals surface area contributed by atoms with Gasteiger partial charge in [0.25, 0.3) is 11.5 Å². The molecule has 42 heavy (non-hydrogen) atoms. The first-order valence-electron chi connectivity index (χ1n) is 12.9.